The smallest absolute Gasteiger partial charge is 0.305 e. The molecule has 3 aromatic rings. The molecule has 0 radical (unpaired) electrons. The fourth-order valence-electron chi connectivity index (χ4n) is 2.77. The maximum atomic E-state index is 10.8. The number of nitrogens with zero attached hydrogens (tertiary/aromatic N) is 1. The first kappa shape index (κ1) is 16.0. The summed E-state index contributed by atoms with van der Waals surface area (Å²) in [6, 6.07) is 15.8. The zero-order chi connectivity index (χ0) is 17.1. The van der Waals surface area contributed by atoms with Gasteiger partial charge in [0.05, 0.1) is 18.3 Å². The Morgan fingerprint density at radius 2 is 1.88 bits per heavy atom. The third kappa shape index (κ3) is 3.38. The van der Waals surface area contributed by atoms with E-state index >= 15 is 0 Å². The Morgan fingerprint density at radius 1 is 1.12 bits per heavy atom. The molecule has 4 heteroatoms. The van der Waals surface area contributed by atoms with Gasteiger partial charge in [0, 0.05) is 17.0 Å². The van der Waals surface area contributed by atoms with Crippen molar-refractivity contribution >= 4 is 16.9 Å². The van der Waals surface area contributed by atoms with Crippen LogP contribution < -0.4 is 5.36 Å². The molecule has 4 nitrogen and oxygen atoms in total. The zero-order valence-corrected chi connectivity index (χ0v) is 13.7. The Kier molecular flexibility index (Phi) is 4.47. The van der Waals surface area contributed by atoms with Crippen molar-refractivity contribution in [1.29, 1.82) is 0 Å². The number of aryl methyl sites for hydroxylation is 2. The lowest BCUT2D eigenvalue weighted by Gasteiger charge is -2.08. The summed E-state index contributed by atoms with van der Waals surface area (Å²) in [5, 5.41) is 10.5. The second-order valence-corrected chi connectivity index (χ2v) is 5.85. The van der Waals surface area contributed by atoms with E-state index in [1.807, 2.05) is 56.3 Å². The molecule has 3 rings (SSSR count). The lowest BCUT2D eigenvalue weighted by molar-refractivity contribution is -0.136. The Labute approximate surface area is 140 Å². The van der Waals surface area contributed by atoms with E-state index in [9.17, 15) is 4.79 Å². The number of carbonyl (C=O) groups is 1. The first-order valence-corrected chi connectivity index (χ1v) is 7.87. The Hall–Kier alpha value is -2.88. The van der Waals surface area contributed by atoms with Gasteiger partial charge in [-0.05, 0) is 31.0 Å². The van der Waals surface area contributed by atoms with E-state index in [4.69, 9.17) is 9.52 Å². The van der Waals surface area contributed by atoms with Gasteiger partial charge in [0.2, 0.25) is 0 Å². The molecule has 0 aliphatic heterocycles. The van der Waals surface area contributed by atoms with Crippen molar-refractivity contribution in [3.63, 3.8) is 0 Å². The van der Waals surface area contributed by atoms with Gasteiger partial charge in [-0.1, -0.05) is 36.4 Å². The van der Waals surface area contributed by atoms with Gasteiger partial charge < -0.3 is 9.52 Å². The molecule has 24 heavy (non-hydrogen) atoms. The number of benzene rings is 2. The first-order valence-electron chi connectivity index (χ1n) is 7.87. The molecule has 0 atom stereocenters. The zero-order valence-electron chi connectivity index (χ0n) is 13.7. The quantitative estimate of drug-likeness (QED) is 0.787. The molecule has 1 aromatic heterocycles. The summed E-state index contributed by atoms with van der Waals surface area (Å²) in [5.74, 6) is -0.122. The topological polar surface area (TPSA) is 62.8 Å². The molecule has 0 unspecified atom stereocenters. The van der Waals surface area contributed by atoms with Crippen molar-refractivity contribution in [1.82, 2.24) is 0 Å². The van der Waals surface area contributed by atoms with E-state index in [1.54, 1.807) is 0 Å². The highest BCUT2D eigenvalue weighted by Crippen LogP contribution is 2.25. The molecule has 0 aliphatic rings. The highest BCUT2D eigenvalue weighted by Gasteiger charge is 2.09. The van der Waals surface area contributed by atoms with E-state index in [0.717, 1.165) is 38.8 Å². The Bertz CT molecular complexity index is 956. The van der Waals surface area contributed by atoms with Crippen LogP contribution in [0.4, 0.5) is 0 Å². The number of aliphatic carboxylic acids is 1. The number of hydrogen-bond donors (Lipinski definition) is 1. The second kappa shape index (κ2) is 6.71. The molecule has 0 saturated carbocycles. The van der Waals surface area contributed by atoms with E-state index in [1.165, 1.54) is 0 Å². The molecule has 122 valence electrons. The van der Waals surface area contributed by atoms with E-state index in [2.05, 4.69) is 11.1 Å². The van der Waals surface area contributed by atoms with Crippen molar-refractivity contribution in [2.45, 2.75) is 20.3 Å². The van der Waals surface area contributed by atoms with Gasteiger partial charge in [-0.2, -0.15) is 0 Å². The predicted octanol–water partition coefficient (Wildman–Crippen LogP) is 4.09. The minimum absolute atomic E-state index is 0.0129. The summed E-state index contributed by atoms with van der Waals surface area (Å²) in [6.45, 7) is 4.28. The van der Waals surface area contributed by atoms with Gasteiger partial charge >= 0.3 is 5.97 Å². The monoisotopic (exact) mass is 321 g/mol. The predicted molar refractivity (Wildman–Crippen MR) is 93.8 cm³/mol. The van der Waals surface area contributed by atoms with Gasteiger partial charge in [0.15, 0.2) is 0 Å². The van der Waals surface area contributed by atoms with Crippen molar-refractivity contribution in [2.75, 3.05) is 6.54 Å². The minimum atomic E-state index is -0.848. The van der Waals surface area contributed by atoms with Gasteiger partial charge in [0.25, 0.3) is 0 Å². The molecular formula is C20H19NO3. The van der Waals surface area contributed by atoms with Crippen LogP contribution in [-0.4, -0.2) is 17.6 Å². The standard InChI is InChI=1S/C20H19NO3/c1-13-10-14(2)20-16(11-13)17(21-9-8-19(22)23)12-18(24-20)15-6-4-3-5-7-15/h3-7,10-12H,8-9H2,1-2H3,(H,22,23). The van der Waals surface area contributed by atoms with Crippen molar-refractivity contribution in [3.8, 4) is 11.3 Å². The molecular weight excluding hydrogens is 302 g/mol. The molecule has 0 fully saturated rings. The van der Waals surface area contributed by atoms with E-state index in [-0.39, 0.29) is 13.0 Å². The van der Waals surface area contributed by atoms with Crippen LogP contribution in [0, 0.1) is 13.8 Å². The summed E-state index contributed by atoms with van der Waals surface area (Å²) in [5.41, 5.74) is 3.92. The van der Waals surface area contributed by atoms with Crippen LogP contribution in [0.15, 0.2) is 57.9 Å². The van der Waals surface area contributed by atoms with Crippen LogP contribution in [0.3, 0.4) is 0 Å². The number of hydrogen-bond acceptors (Lipinski definition) is 3. The van der Waals surface area contributed by atoms with Gasteiger partial charge in [-0.3, -0.25) is 9.79 Å². The summed E-state index contributed by atoms with van der Waals surface area (Å²) in [6.07, 6.45) is 0.0129. The highest BCUT2D eigenvalue weighted by molar-refractivity contribution is 5.82. The van der Waals surface area contributed by atoms with Crippen LogP contribution in [-0.2, 0) is 4.79 Å². The van der Waals surface area contributed by atoms with Crippen molar-refractivity contribution in [3.05, 3.63) is 65.0 Å². The Balaban J connectivity index is 2.24. The van der Waals surface area contributed by atoms with E-state index < -0.39 is 5.97 Å². The SMILES string of the molecule is Cc1cc(C)c2oc(-c3ccccc3)cc(=NCCC(=O)O)c2c1. The number of fused-ring (bicyclic) bond motifs is 1. The molecule has 0 saturated heterocycles. The lowest BCUT2D eigenvalue weighted by atomic mass is 10.1. The van der Waals surface area contributed by atoms with Gasteiger partial charge in [-0.25, -0.2) is 0 Å². The van der Waals surface area contributed by atoms with Gasteiger partial charge in [-0.15, -0.1) is 0 Å². The molecule has 1 N–H and O–H groups in total. The van der Waals surface area contributed by atoms with Crippen LogP contribution in [0.1, 0.15) is 17.5 Å². The van der Waals surface area contributed by atoms with E-state index in [0.29, 0.717) is 0 Å². The molecule has 1 heterocycles. The molecule has 2 aromatic carbocycles. The first-order chi connectivity index (χ1) is 11.5. The maximum Gasteiger partial charge on any atom is 0.305 e. The van der Waals surface area contributed by atoms with Crippen LogP contribution in [0.2, 0.25) is 0 Å². The fourth-order valence-corrected chi connectivity index (χ4v) is 2.77. The summed E-state index contributed by atoms with van der Waals surface area (Å²) in [7, 11) is 0. The summed E-state index contributed by atoms with van der Waals surface area (Å²) in [4.78, 5) is 15.3. The maximum absolute atomic E-state index is 10.8. The molecule has 0 spiro atoms. The molecule has 0 amide bonds. The van der Waals surface area contributed by atoms with Crippen molar-refractivity contribution in [2.24, 2.45) is 4.99 Å². The normalized spacial score (nSPS) is 11.8. The number of carboxylic acids is 1. The van der Waals surface area contributed by atoms with Crippen molar-refractivity contribution < 1.29 is 14.3 Å². The fraction of sp³-hybridized carbons (Fsp3) is 0.200. The van der Waals surface area contributed by atoms with Gasteiger partial charge in [0.1, 0.15) is 11.3 Å². The van der Waals surface area contributed by atoms with Crippen LogP contribution in [0.5, 0.6) is 0 Å². The average molecular weight is 321 g/mol. The second-order valence-electron chi connectivity index (χ2n) is 5.85. The highest BCUT2D eigenvalue weighted by atomic mass is 16.4. The number of carboxylic acid groups (broad SMARTS) is 1. The minimum Gasteiger partial charge on any atom is -0.481 e. The summed E-state index contributed by atoms with van der Waals surface area (Å²) < 4.78 is 6.13. The summed E-state index contributed by atoms with van der Waals surface area (Å²) >= 11 is 0. The average Bonchev–Trinajstić information content (AvgIpc) is 2.55. The number of rotatable bonds is 4. The lowest BCUT2D eigenvalue weighted by Crippen LogP contribution is -2.08. The molecule has 0 bridgehead atoms. The largest absolute Gasteiger partial charge is 0.481 e. The Morgan fingerprint density at radius 3 is 2.58 bits per heavy atom. The third-order valence-electron chi connectivity index (χ3n) is 3.84. The van der Waals surface area contributed by atoms with Crippen LogP contribution >= 0.6 is 0 Å². The van der Waals surface area contributed by atoms with Crippen LogP contribution in [0.25, 0.3) is 22.3 Å². The molecule has 0 aliphatic carbocycles. The third-order valence-corrected chi connectivity index (χ3v) is 3.84.